The van der Waals surface area contributed by atoms with Gasteiger partial charge in [-0.15, -0.1) is 0 Å². The van der Waals surface area contributed by atoms with Gasteiger partial charge in [0, 0.05) is 6.42 Å². The summed E-state index contributed by atoms with van der Waals surface area (Å²) in [7, 11) is 0. The van der Waals surface area contributed by atoms with E-state index in [1.807, 2.05) is 6.08 Å². The standard InChI is InChI=1S/C60H111NO8/c1-3-5-7-9-11-13-15-17-19-21-23-25-27-29-31-33-35-37-39-41-43-45-47-49-54(63)53(52-68-60-59(67)58(66)57(65)55(51-62)69-60)61-56(64)50-48-46-44-42-40-38-36-34-32-30-28-26-24-22-20-18-16-14-12-10-8-6-4-2/h16,18,22,24,39,41,47,49,53-55,57-60,62-63,65-67H,3-15,17,19-21,23,25-38,40,42-46,48,50-52H2,1-2H3,(H,61,64)/b18-16-,24-22-,41-39+,49-47+. The van der Waals surface area contributed by atoms with Gasteiger partial charge in [0.2, 0.25) is 5.91 Å². The molecule has 0 saturated carbocycles. The first-order valence-electron chi connectivity index (χ1n) is 29.4. The molecule has 404 valence electrons. The molecule has 1 heterocycles. The second-order valence-electron chi connectivity index (χ2n) is 20.4. The number of unbranched alkanes of at least 4 members (excludes halogenated alkanes) is 34. The van der Waals surface area contributed by atoms with E-state index < -0.39 is 49.5 Å². The van der Waals surface area contributed by atoms with Crippen LogP contribution in [0.4, 0.5) is 0 Å². The maximum Gasteiger partial charge on any atom is 0.220 e. The third kappa shape index (κ3) is 39.4. The minimum atomic E-state index is -1.57. The number of aliphatic hydroxyl groups excluding tert-OH is 5. The van der Waals surface area contributed by atoms with Crippen molar-refractivity contribution in [2.24, 2.45) is 0 Å². The molecule has 1 rings (SSSR count). The zero-order chi connectivity index (χ0) is 50.1. The maximum absolute atomic E-state index is 13.1. The van der Waals surface area contributed by atoms with Crippen LogP contribution < -0.4 is 5.32 Å². The minimum absolute atomic E-state index is 0.187. The number of amides is 1. The van der Waals surface area contributed by atoms with E-state index in [0.717, 1.165) is 44.9 Å². The highest BCUT2D eigenvalue weighted by molar-refractivity contribution is 5.76. The van der Waals surface area contributed by atoms with E-state index in [1.54, 1.807) is 6.08 Å². The van der Waals surface area contributed by atoms with Gasteiger partial charge in [-0.1, -0.05) is 249 Å². The summed E-state index contributed by atoms with van der Waals surface area (Å²) in [6, 6.07) is -0.824. The van der Waals surface area contributed by atoms with Gasteiger partial charge in [-0.25, -0.2) is 0 Å². The zero-order valence-corrected chi connectivity index (χ0v) is 44.8. The fourth-order valence-electron chi connectivity index (χ4n) is 9.20. The number of carbonyl (C=O) groups is 1. The molecule has 0 aliphatic carbocycles. The predicted octanol–water partition coefficient (Wildman–Crippen LogP) is 14.5. The first kappa shape index (κ1) is 65.2. The van der Waals surface area contributed by atoms with Crippen LogP contribution in [0, 0.1) is 0 Å². The Bertz CT molecular complexity index is 1220. The molecule has 0 spiro atoms. The van der Waals surface area contributed by atoms with Crippen molar-refractivity contribution in [1.82, 2.24) is 5.32 Å². The SMILES string of the molecule is CCCCCCC/C=C\C/C=C\CCCCCCCCCCCCCC(=O)NC(COC1OC(CO)C(O)C(O)C1O)C(O)/C=C/CC/C=C/CCCCCCCCCCCCCCCCCCC. The van der Waals surface area contributed by atoms with Crippen molar-refractivity contribution in [3.05, 3.63) is 48.6 Å². The third-order valence-corrected chi connectivity index (χ3v) is 13.9. The molecule has 9 nitrogen and oxygen atoms in total. The van der Waals surface area contributed by atoms with E-state index >= 15 is 0 Å². The van der Waals surface area contributed by atoms with Crippen LogP contribution in [-0.4, -0.2) is 87.5 Å². The summed E-state index contributed by atoms with van der Waals surface area (Å²) in [5, 5.41) is 54.5. The van der Waals surface area contributed by atoms with Gasteiger partial charge in [0.25, 0.3) is 0 Å². The van der Waals surface area contributed by atoms with Crippen LogP contribution in [0.1, 0.15) is 271 Å². The second kappa shape index (κ2) is 49.7. The molecule has 1 amide bonds. The van der Waals surface area contributed by atoms with Crippen molar-refractivity contribution in [1.29, 1.82) is 0 Å². The average molecular weight is 975 g/mol. The molecule has 1 fully saturated rings. The van der Waals surface area contributed by atoms with E-state index in [0.29, 0.717) is 6.42 Å². The number of aliphatic hydroxyl groups is 5. The van der Waals surface area contributed by atoms with Crippen molar-refractivity contribution in [3.63, 3.8) is 0 Å². The molecule has 69 heavy (non-hydrogen) atoms. The molecule has 0 radical (unpaired) electrons. The van der Waals surface area contributed by atoms with Gasteiger partial charge < -0.3 is 40.3 Å². The van der Waals surface area contributed by atoms with E-state index in [4.69, 9.17) is 9.47 Å². The number of hydrogen-bond acceptors (Lipinski definition) is 8. The summed E-state index contributed by atoms with van der Waals surface area (Å²) < 4.78 is 11.3. The fourth-order valence-corrected chi connectivity index (χ4v) is 9.20. The highest BCUT2D eigenvalue weighted by Crippen LogP contribution is 2.23. The molecule has 0 aromatic carbocycles. The maximum atomic E-state index is 13.1. The number of carbonyl (C=O) groups excluding carboxylic acids is 1. The van der Waals surface area contributed by atoms with Crippen molar-refractivity contribution < 1.29 is 39.8 Å². The van der Waals surface area contributed by atoms with Crippen LogP contribution in [0.5, 0.6) is 0 Å². The molecule has 0 aromatic rings. The summed E-state index contributed by atoms with van der Waals surface area (Å²) in [6.45, 7) is 3.78. The van der Waals surface area contributed by atoms with Crippen molar-refractivity contribution >= 4 is 5.91 Å². The summed E-state index contributed by atoms with van der Waals surface area (Å²) in [5.41, 5.74) is 0. The zero-order valence-electron chi connectivity index (χ0n) is 44.8. The van der Waals surface area contributed by atoms with E-state index in [-0.39, 0.29) is 12.5 Å². The van der Waals surface area contributed by atoms with Crippen LogP contribution >= 0.6 is 0 Å². The van der Waals surface area contributed by atoms with Crippen LogP contribution in [0.15, 0.2) is 48.6 Å². The number of hydrogen-bond donors (Lipinski definition) is 6. The monoisotopic (exact) mass is 974 g/mol. The number of nitrogens with one attached hydrogen (secondary N) is 1. The Morgan fingerprint density at radius 1 is 0.493 bits per heavy atom. The average Bonchev–Trinajstić information content (AvgIpc) is 3.35. The minimum Gasteiger partial charge on any atom is -0.394 e. The highest BCUT2D eigenvalue weighted by Gasteiger charge is 2.44. The fraction of sp³-hybridized carbons (Fsp3) is 0.850. The number of ether oxygens (including phenoxy) is 2. The first-order chi connectivity index (χ1) is 33.8. The Balaban J connectivity index is 2.25. The van der Waals surface area contributed by atoms with Crippen LogP contribution in [0.3, 0.4) is 0 Å². The molecular formula is C60H111NO8. The summed E-state index contributed by atoms with van der Waals surface area (Å²) >= 11 is 0. The van der Waals surface area contributed by atoms with Gasteiger partial charge >= 0.3 is 0 Å². The molecule has 6 N–H and O–H groups in total. The molecule has 1 aliphatic rings. The Hall–Kier alpha value is -1.85. The van der Waals surface area contributed by atoms with Crippen molar-refractivity contribution in [2.75, 3.05) is 13.2 Å². The highest BCUT2D eigenvalue weighted by atomic mass is 16.7. The summed E-state index contributed by atoms with van der Waals surface area (Å²) in [6.07, 6.45) is 58.9. The topological polar surface area (TPSA) is 149 Å². The lowest BCUT2D eigenvalue weighted by atomic mass is 9.99. The second-order valence-corrected chi connectivity index (χ2v) is 20.4. The molecule has 0 aromatic heterocycles. The number of rotatable bonds is 50. The van der Waals surface area contributed by atoms with Gasteiger partial charge in [0.05, 0.1) is 25.4 Å². The quantitative estimate of drug-likeness (QED) is 0.0261. The van der Waals surface area contributed by atoms with Crippen LogP contribution in [-0.2, 0) is 14.3 Å². The lowest BCUT2D eigenvalue weighted by Gasteiger charge is -2.40. The largest absolute Gasteiger partial charge is 0.394 e. The van der Waals surface area contributed by atoms with Gasteiger partial charge in [-0.05, 0) is 64.2 Å². The Kier molecular flexibility index (Phi) is 47.0. The van der Waals surface area contributed by atoms with Gasteiger partial charge in [-0.3, -0.25) is 4.79 Å². The Morgan fingerprint density at radius 3 is 1.30 bits per heavy atom. The van der Waals surface area contributed by atoms with Gasteiger partial charge in [-0.2, -0.15) is 0 Å². The summed E-state index contributed by atoms with van der Waals surface area (Å²) in [5.74, 6) is -0.187. The molecule has 9 heteroatoms. The Morgan fingerprint density at radius 2 is 0.870 bits per heavy atom. The van der Waals surface area contributed by atoms with Crippen LogP contribution in [0.2, 0.25) is 0 Å². The molecule has 1 saturated heterocycles. The Labute approximate surface area is 424 Å². The summed E-state index contributed by atoms with van der Waals surface area (Å²) in [4.78, 5) is 13.1. The normalized spacial score (nSPS) is 19.8. The molecule has 7 atom stereocenters. The van der Waals surface area contributed by atoms with E-state index in [1.165, 1.54) is 205 Å². The molecule has 7 unspecified atom stereocenters. The smallest absolute Gasteiger partial charge is 0.220 e. The van der Waals surface area contributed by atoms with Crippen molar-refractivity contribution in [2.45, 2.75) is 314 Å². The molecular weight excluding hydrogens is 863 g/mol. The van der Waals surface area contributed by atoms with E-state index in [9.17, 15) is 30.3 Å². The predicted molar refractivity (Wildman–Crippen MR) is 290 cm³/mol. The van der Waals surface area contributed by atoms with E-state index in [2.05, 4.69) is 55.6 Å². The van der Waals surface area contributed by atoms with Crippen molar-refractivity contribution in [3.8, 4) is 0 Å². The van der Waals surface area contributed by atoms with Gasteiger partial charge in [0.15, 0.2) is 6.29 Å². The third-order valence-electron chi connectivity index (χ3n) is 13.9. The van der Waals surface area contributed by atoms with Crippen LogP contribution in [0.25, 0.3) is 0 Å². The molecule has 0 bridgehead atoms. The molecule has 1 aliphatic heterocycles. The first-order valence-corrected chi connectivity index (χ1v) is 29.4. The van der Waals surface area contributed by atoms with Gasteiger partial charge in [0.1, 0.15) is 24.4 Å². The lowest BCUT2D eigenvalue weighted by Crippen LogP contribution is -2.60. The lowest BCUT2D eigenvalue weighted by molar-refractivity contribution is -0.302. The number of allylic oxidation sites excluding steroid dienone is 7.